The Morgan fingerprint density at radius 2 is 1.94 bits per heavy atom. The Kier molecular flexibility index (Phi) is 3.59. The van der Waals surface area contributed by atoms with Gasteiger partial charge in [-0.25, -0.2) is 4.98 Å². The minimum absolute atomic E-state index is 0.551. The van der Waals surface area contributed by atoms with E-state index in [2.05, 4.69) is 48.4 Å². The van der Waals surface area contributed by atoms with Crippen LogP contribution in [-0.4, -0.2) is 12.0 Å². The number of aromatic nitrogens is 1. The van der Waals surface area contributed by atoms with Gasteiger partial charge in [0.15, 0.2) is 12.2 Å². The zero-order chi connectivity index (χ0) is 12.3. The lowest BCUT2D eigenvalue weighted by atomic mass is 10.0. The summed E-state index contributed by atoms with van der Waals surface area (Å²) in [5.41, 5.74) is 3.37. The van der Waals surface area contributed by atoms with Crippen LogP contribution < -0.4 is 5.32 Å². The number of hydrogen-bond donors (Lipinski definition) is 1. The Bertz CT molecular complexity index is 471. The van der Waals surface area contributed by atoms with Crippen molar-refractivity contribution in [2.75, 3.05) is 7.05 Å². The predicted molar refractivity (Wildman–Crippen MR) is 68.8 cm³/mol. The molecule has 0 saturated carbocycles. The molecule has 0 radical (unpaired) electrons. The van der Waals surface area contributed by atoms with E-state index in [-0.39, 0.29) is 0 Å². The van der Waals surface area contributed by atoms with Crippen LogP contribution in [0, 0.1) is 0 Å². The molecule has 3 nitrogen and oxygen atoms in total. The van der Waals surface area contributed by atoms with E-state index in [1.54, 1.807) is 0 Å². The molecule has 0 atom stereocenters. The Labute approximate surface area is 102 Å². The fraction of sp³-hybridized carbons (Fsp3) is 0.357. The maximum Gasteiger partial charge on any atom is 0.181 e. The molecule has 2 aromatic rings. The minimum Gasteiger partial charge on any atom is -0.443 e. The lowest BCUT2D eigenvalue weighted by Gasteiger charge is -2.06. The fourth-order valence-electron chi connectivity index (χ4n) is 1.82. The molecule has 1 aromatic heterocycles. The highest BCUT2D eigenvalue weighted by atomic mass is 16.3. The molecule has 0 saturated heterocycles. The number of hydrogen-bond acceptors (Lipinski definition) is 3. The summed E-state index contributed by atoms with van der Waals surface area (Å²) in [4.78, 5) is 4.21. The van der Waals surface area contributed by atoms with Crippen LogP contribution in [0.4, 0.5) is 0 Å². The first-order valence-corrected chi connectivity index (χ1v) is 5.89. The first-order chi connectivity index (χ1) is 8.22. The topological polar surface area (TPSA) is 38.1 Å². The summed E-state index contributed by atoms with van der Waals surface area (Å²) >= 11 is 0. The molecule has 90 valence electrons. The van der Waals surface area contributed by atoms with Crippen LogP contribution in [0.25, 0.3) is 11.3 Å². The van der Waals surface area contributed by atoms with E-state index in [9.17, 15) is 0 Å². The fourth-order valence-corrected chi connectivity index (χ4v) is 1.82. The number of nitrogens with zero attached hydrogens (tertiary/aromatic N) is 1. The SMILES string of the molecule is CNCc1ncoc1-c1ccc(C(C)C)cc1. The van der Waals surface area contributed by atoms with Gasteiger partial charge in [-0.15, -0.1) is 0 Å². The molecule has 0 aliphatic rings. The molecule has 1 heterocycles. The average molecular weight is 230 g/mol. The molecular weight excluding hydrogens is 212 g/mol. The van der Waals surface area contributed by atoms with Gasteiger partial charge in [0, 0.05) is 12.1 Å². The standard InChI is InChI=1S/C14H18N2O/c1-10(2)11-4-6-12(7-5-11)14-13(8-15-3)16-9-17-14/h4-7,9-10,15H,8H2,1-3H3. The monoisotopic (exact) mass is 230 g/mol. The highest BCUT2D eigenvalue weighted by Gasteiger charge is 2.10. The van der Waals surface area contributed by atoms with Crippen molar-refractivity contribution in [3.63, 3.8) is 0 Å². The van der Waals surface area contributed by atoms with Gasteiger partial charge in [-0.2, -0.15) is 0 Å². The lowest BCUT2D eigenvalue weighted by molar-refractivity contribution is 0.570. The number of benzene rings is 1. The molecule has 0 unspecified atom stereocenters. The number of oxazole rings is 1. The Morgan fingerprint density at radius 1 is 1.24 bits per heavy atom. The molecule has 0 aliphatic carbocycles. The molecule has 17 heavy (non-hydrogen) atoms. The molecule has 0 fully saturated rings. The van der Waals surface area contributed by atoms with Gasteiger partial charge in [-0.3, -0.25) is 0 Å². The molecular formula is C14H18N2O. The van der Waals surface area contributed by atoms with Crippen molar-refractivity contribution in [2.24, 2.45) is 0 Å². The third-order valence-corrected chi connectivity index (χ3v) is 2.82. The van der Waals surface area contributed by atoms with Gasteiger partial charge in [-0.05, 0) is 18.5 Å². The summed E-state index contributed by atoms with van der Waals surface area (Å²) in [6.45, 7) is 5.10. The van der Waals surface area contributed by atoms with Gasteiger partial charge in [0.1, 0.15) is 5.69 Å². The van der Waals surface area contributed by atoms with Gasteiger partial charge >= 0.3 is 0 Å². The quantitative estimate of drug-likeness (QED) is 0.876. The minimum atomic E-state index is 0.551. The predicted octanol–water partition coefficient (Wildman–Crippen LogP) is 3.18. The van der Waals surface area contributed by atoms with E-state index in [1.165, 1.54) is 12.0 Å². The highest BCUT2D eigenvalue weighted by molar-refractivity contribution is 5.60. The van der Waals surface area contributed by atoms with Crippen LogP contribution in [-0.2, 0) is 6.54 Å². The van der Waals surface area contributed by atoms with Crippen molar-refractivity contribution in [1.29, 1.82) is 0 Å². The summed E-state index contributed by atoms with van der Waals surface area (Å²) in [5, 5.41) is 3.09. The zero-order valence-electron chi connectivity index (χ0n) is 10.5. The summed E-state index contributed by atoms with van der Waals surface area (Å²) in [7, 11) is 1.90. The molecule has 0 bridgehead atoms. The lowest BCUT2D eigenvalue weighted by Crippen LogP contribution is -2.06. The van der Waals surface area contributed by atoms with Crippen molar-refractivity contribution in [3.8, 4) is 11.3 Å². The number of nitrogens with one attached hydrogen (secondary N) is 1. The molecule has 2 rings (SSSR count). The van der Waals surface area contributed by atoms with Gasteiger partial charge in [0.25, 0.3) is 0 Å². The van der Waals surface area contributed by atoms with E-state index >= 15 is 0 Å². The largest absolute Gasteiger partial charge is 0.443 e. The van der Waals surface area contributed by atoms with Crippen molar-refractivity contribution in [3.05, 3.63) is 41.9 Å². The third kappa shape index (κ3) is 2.56. The summed E-state index contributed by atoms with van der Waals surface area (Å²) in [6.07, 6.45) is 1.50. The average Bonchev–Trinajstić information content (AvgIpc) is 2.78. The van der Waals surface area contributed by atoms with E-state index in [4.69, 9.17) is 4.42 Å². The van der Waals surface area contributed by atoms with Crippen molar-refractivity contribution < 1.29 is 4.42 Å². The molecule has 1 aromatic carbocycles. The van der Waals surface area contributed by atoms with Gasteiger partial charge in [0.05, 0.1) is 0 Å². The van der Waals surface area contributed by atoms with E-state index in [0.717, 1.165) is 23.6 Å². The van der Waals surface area contributed by atoms with Crippen LogP contribution in [0.1, 0.15) is 31.0 Å². The summed E-state index contributed by atoms with van der Waals surface area (Å²) in [5.74, 6) is 1.41. The van der Waals surface area contributed by atoms with E-state index in [0.29, 0.717) is 5.92 Å². The van der Waals surface area contributed by atoms with Crippen molar-refractivity contribution in [1.82, 2.24) is 10.3 Å². The smallest absolute Gasteiger partial charge is 0.181 e. The number of rotatable bonds is 4. The first-order valence-electron chi connectivity index (χ1n) is 5.89. The van der Waals surface area contributed by atoms with Crippen molar-refractivity contribution >= 4 is 0 Å². The molecule has 1 N–H and O–H groups in total. The van der Waals surface area contributed by atoms with E-state index < -0.39 is 0 Å². The maximum absolute atomic E-state index is 5.45. The molecule has 0 spiro atoms. The Hall–Kier alpha value is -1.61. The van der Waals surface area contributed by atoms with Crippen LogP contribution in [0.5, 0.6) is 0 Å². The van der Waals surface area contributed by atoms with Crippen LogP contribution >= 0.6 is 0 Å². The molecule has 3 heteroatoms. The van der Waals surface area contributed by atoms with Gasteiger partial charge in [0.2, 0.25) is 0 Å². The second-order valence-electron chi connectivity index (χ2n) is 4.44. The van der Waals surface area contributed by atoms with Gasteiger partial charge < -0.3 is 9.73 Å². The van der Waals surface area contributed by atoms with Crippen LogP contribution in [0.2, 0.25) is 0 Å². The normalized spacial score (nSPS) is 11.1. The van der Waals surface area contributed by atoms with Gasteiger partial charge in [-0.1, -0.05) is 38.1 Å². The van der Waals surface area contributed by atoms with Crippen molar-refractivity contribution in [2.45, 2.75) is 26.3 Å². The second-order valence-corrected chi connectivity index (χ2v) is 4.44. The van der Waals surface area contributed by atoms with E-state index in [1.807, 2.05) is 7.05 Å². The third-order valence-electron chi connectivity index (χ3n) is 2.82. The maximum atomic E-state index is 5.45. The molecule has 0 amide bonds. The van der Waals surface area contributed by atoms with Crippen LogP contribution in [0.15, 0.2) is 35.1 Å². The zero-order valence-corrected chi connectivity index (χ0v) is 10.5. The Balaban J connectivity index is 2.30. The Morgan fingerprint density at radius 3 is 2.53 bits per heavy atom. The summed E-state index contributed by atoms with van der Waals surface area (Å²) in [6, 6.07) is 8.47. The summed E-state index contributed by atoms with van der Waals surface area (Å²) < 4.78 is 5.45. The molecule has 0 aliphatic heterocycles. The highest BCUT2D eigenvalue weighted by Crippen LogP contribution is 2.25. The van der Waals surface area contributed by atoms with Crippen LogP contribution in [0.3, 0.4) is 0 Å². The second kappa shape index (κ2) is 5.15. The first kappa shape index (κ1) is 11.9.